The van der Waals surface area contributed by atoms with E-state index >= 15 is 0 Å². The summed E-state index contributed by atoms with van der Waals surface area (Å²) in [5.41, 5.74) is 5.73. The van der Waals surface area contributed by atoms with Gasteiger partial charge in [0, 0.05) is 18.6 Å². The monoisotopic (exact) mass is 227 g/mol. The van der Waals surface area contributed by atoms with E-state index in [4.69, 9.17) is 5.73 Å². The highest BCUT2D eigenvalue weighted by Gasteiger charge is 2.03. The summed E-state index contributed by atoms with van der Waals surface area (Å²) < 4.78 is 0. The zero-order valence-corrected chi connectivity index (χ0v) is 11.0. The minimum Gasteiger partial charge on any atom is -0.370 e. The molecule has 0 aliphatic heterocycles. The van der Waals surface area contributed by atoms with E-state index in [0.29, 0.717) is 18.0 Å². The van der Waals surface area contributed by atoms with Crippen LogP contribution in [0.1, 0.15) is 41.0 Å². The zero-order valence-electron chi connectivity index (χ0n) is 11.0. The van der Waals surface area contributed by atoms with Crippen LogP contribution in [0.2, 0.25) is 0 Å². The van der Waals surface area contributed by atoms with Crippen LogP contribution in [0.3, 0.4) is 0 Å². The molecule has 16 heavy (non-hydrogen) atoms. The fraction of sp³-hybridized carbons (Fsp3) is 0.818. The molecule has 0 bridgehead atoms. The van der Waals surface area contributed by atoms with Crippen LogP contribution in [0, 0.1) is 0 Å². The van der Waals surface area contributed by atoms with Gasteiger partial charge >= 0.3 is 0 Å². The number of hydrogen-bond acceptors (Lipinski definition) is 2. The van der Waals surface area contributed by atoms with E-state index in [9.17, 15) is 0 Å². The Labute approximate surface area is 98.6 Å². The van der Waals surface area contributed by atoms with Gasteiger partial charge in [-0.15, -0.1) is 0 Å². The quantitative estimate of drug-likeness (QED) is 0.496. The topological polar surface area (TPSA) is 74.8 Å². The lowest BCUT2D eigenvalue weighted by Gasteiger charge is -2.15. The summed E-state index contributed by atoms with van der Waals surface area (Å²) >= 11 is 0. The second kappa shape index (κ2) is 7.96. The second-order valence-electron chi connectivity index (χ2n) is 4.26. The third-order valence-corrected chi connectivity index (χ3v) is 1.56. The summed E-state index contributed by atoms with van der Waals surface area (Å²) in [6.07, 6.45) is 0.983. The van der Waals surface area contributed by atoms with E-state index in [1.165, 1.54) is 0 Å². The average Bonchev–Trinajstić information content (AvgIpc) is 2.12. The molecular formula is C11H25N5. The van der Waals surface area contributed by atoms with Crippen molar-refractivity contribution in [3.8, 4) is 0 Å². The van der Waals surface area contributed by atoms with Gasteiger partial charge in [-0.1, -0.05) is 6.92 Å². The van der Waals surface area contributed by atoms with Crippen molar-refractivity contribution in [3.63, 3.8) is 0 Å². The number of aliphatic imine (C=N–C) groups is 2. The lowest BCUT2D eigenvalue weighted by Crippen LogP contribution is -2.47. The van der Waals surface area contributed by atoms with Crippen LogP contribution in [-0.2, 0) is 0 Å². The molecule has 0 saturated carbocycles. The number of nitrogens with one attached hydrogen (secondary N) is 2. The SMILES string of the molecule is CCCN=C(N)NC(=NC(C)C)NC(C)C. The molecule has 0 spiro atoms. The molecule has 0 aliphatic carbocycles. The van der Waals surface area contributed by atoms with E-state index in [2.05, 4.69) is 41.4 Å². The van der Waals surface area contributed by atoms with Crippen molar-refractivity contribution >= 4 is 11.9 Å². The summed E-state index contributed by atoms with van der Waals surface area (Å²) in [5.74, 6) is 1.09. The normalized spacial score (nSPS) is 13.4. The first-order chi connectivity index (χ1) is 7.45. The molecule has 94 valence electrons. The van der Waals surface area contributed by atoms with Crippen molar-refractivity contribution in [2.75, 3.05) is 6.54 Å². The van der Waals surface area contributed by atoms with Crippen LogP contribution in [0.25, 0.3) is 0 Å². The lowest BCUT2D eigenvalue weighted by atomic mass is 10.4. The summed E-state index contributed by atoms with van der Waals surface area (Å²) in [4.78, 5) is 8.56. The highest BCUT2D eigenvalue weighted by atomic mass is 15.2. The maximum atomic E-state index is 5.73. The van der Waals surface area contributed by atoms with Gasteiger partial charge in [-0.05, 0) is 34.1 Å². The van der Waals surface area contributed by atoms with Crippen LogP contribution in [-0.4, -0.2) is 30.5 Å². The van der Waals surface area contributed by atoms with Crippen LogP contribution >= 0.6 is 0 Å². The Kier molecular flexibility index (Phi) is 7.33. The van der Waals surface area contributed by atoms with E-state index in [0.717, 1.165) is 13.0 Å². The van der Waals surface area contributed by atoms with Crippen molar-refractivity contribution in [1.29, 1.82) is 0 Å². The highest BCUT2D eigenvalue weighted by molar-refractivity contribution is 5.98. The molecule has 0 radical (unpaired) electrons. The molecule has 0 rings (SSSR count). The van der Waals surface area contributed by atoms with Crippen LogP contribution in [0.4, 0.5) is 0 Å². The van der Waals surface area contributed by atoms with Crippen molar-refractivity contribution in [2.24, 2.45) is 15.7 Å². The molecule has 0 unspecified atom stereocenters. The minimum atomic E-state index is 0.215. The number of nitrogens with two attached hydrogens (primary N) is 1. The van der Waals surface area contributed by atoms with Gasteiger partial charge < -0.3 is 11.1 Å². The maximum absolute atomic E-state index is 5.73. The predicted octanol–water partition coefficient (Wildman–Crippen LogP) is 1.06. The zero-order chi connectivity index (χ0) is 12.6. The third kappa shape index (κ3) is 8.08. The fourth-order valence-electron chi connectivity index (χ4n) is 1.03. The molecule has 0 heterocycles. The first-order valence-electron chi connectivity index (χ1n) is 5.87. The molecule has 0 aliphatic rings. The summed E-state index contributed by atoms with van der Waals surface area (Å²) in [6.45, 7) is 10.9. The first kappa shape index (κ1) is 14.7. The second-order valence-corrected chi connectivity index (χ2v) is 4.26. The molecule has 4 N–H and O–H groups in total. The van der Waals surface area contributed by atoms with Gasteiger partial charge in [0.1, 0.15) is 0 Å². The summed E-state index contributed by atoms with van der Waals surface area (Å²) in [6, 6.07) is 0.525. The molecule has 0 aromatic carbocycles. The average molecular weight is 227 g/mol. The van der Waals surface area contributed by atoms with Gasteiger partial charge in [-0.2, -0.15) is 0 Å². The van der Waals surface area contributed by atoms with Gasteiger partial charge in [-0.25, -0.2) is 0 Å². The predicted molar refractivity (Wildman–Crippen MR) is 70.8 cm³/mol. The Bertz CT molecular complexity index is 243. The van der Waals surface area contributed by atoms with Gasteiger partial charge in [0.15, 0.2) is 11.9 Å². The molecule has 0 amide bonds. The molecule has 0 fully saturated rings. The van der Waals surface area contributed by atoms with Crippen molar-refractivity contribution in [2.45, 2.75) is 53.1 Å². The molecule has 5 nitrogen and oxygen atoms in total. The smallest absolute Gasteiger partial charge is 0.198 e. The number of hydrogen-bond donors (Lipinski definition) is 3. The molecular weight excluding hydrogens is 202 g/mol. The van der Waals surface area contributed by atoms with E-state index in [1.54, 1.807) is 0 Å². The van der Waals surface area contributed by atoms with Crippen molar-refractivity contribution in [1.82, 2.24) is 10.6 Å². The Morgan fingerprint density at radius 1 is 1.25 bits per heavy atom. The van der Waals surface area contributed by atoms with Gasteiger partial charge in [0.25, 0.3) is 0 Å². The number of guanidine groups is 2. The van der Waals surface area contributed by atoms with E-state index in [1.807, 2.05) is 13.8 Å². The molecule has 5 heteroatoms. The van der Waals surface area contributed by atoms with E-state index < -0.39 is 0 Å². The number of nitrogens with zero attached hydrogens (tertiary/aromatic N) is 2. The fourth-order valence-corrected chi connectivity index (χ4v) is 1.03. The third-order valence-electron chi connectivity index (χ3n) is 1.56. The van der Waals surface area contributed by atoms with Gasteiger partial charge in [-0.3, -0.25) is 15.3 Å². The Balaban J connectivity index is 4.42. The van der Waals surface area contributed by atoms with Gasteiger partial charge in [0.05, 0.1) is 0 Å². The van der Waals surface area contributed by atoms with E-state index in [-0.39, 0.29) is 6.04 Å². The Morgan fingerprint density at radius 3 is 2.31 bits per heavy atom. The minimum absolute atomic E-state index is 0.215. The van der Waals surface area contributed by atoms with Gasteiger partial charge in [0.2, 0.25) is 0 Å². The summed E-state index contributed by atoms with van der Waals surface area (Å²) in [7, 11) is 0. The maximum Gasteiger partial charge on any atom is 0.198 e. The van der Waals surface area contributed by atoms with Crippen LogP contribution in [0.5, 0.6) is 0 Å². The molecule has 0 saturated heterocycles. The molecule has 0 aromatic heterocycles. The molecule has 0 atom stereocenters. The Hall–Kier alpha value is -1.26. The largest absolute Gasteiger partial charge is 0.370 e. The highest BCUT2D eigenvalue weighted by Crippen LogP contribution is 1.87. The van der Waals surface area contributed by atoms with Crippen molar-refractivity contribution in [3.05, 3.63) is 0 Å². The Morgan fingerprint density at radius 2 is 1.88 bits per heavy atom. The number of rotatable bonds is 4. The summed E-state index contributed by atoms with van der Waals surface area (Å²) in [5, 5.41) is 6.18. The lowest BCUT2D eigenvalue weighted by molar-refractivity contribution is 0.705. The van der Waals surface area contributed by atoms with Crippen LogP contribution in [0.15, 0.2) is 9.98 Å². The van der Waals surface area contributed by atoms with Crippen LogP contribution < -0.4 is 16.4 Å². The molecule has 0 aromatic rings. The van der Waals surface area contributed by atoms with Crippen molar-refractivity contribution < 1.29 is 0 Å². The first-order valence-corrected chi connectivity index (χ1v) is 5.87. The standard InChI is InChI=1S/C11H25N5/c1-6-7-13-10(12)16-11(14-8(2)3)15-9(4)5/h8-9H,6-7H2,1-5H3,(H4,12,13,14,15,16).